The molecule has 1 heterocycles. The molecule has 0 atom stereocenters. The largest absolute Gasteiger partial charge is 0.481 e. The Bertz CT molecular complexity index is 428. The number of hydrogen-bond donors (Lipinski definition) is 3. The van der Waals surface area contributed by atoms with E-state index in [4.69, 9.17) is 5.11 Å². The van der Waals surface area contributed by atoms with Crippen molar-refractivity contribution in [3.8, 4) is 0 Å². The zero-order valence-corrected chi connectivity index (χ0v) is 10.7. The van der Waals surface area contributed by atoms with E-state index < -0.39 is 5.97 Å². The molecule has 1 fully saturated rings. The van der Waals surface area contributed by atoms with Crippen LogP contribution in [-0.4, -0.2) is 29.7 Å². The summed E-state index contributed by atoms with van der Waals surface area (Å²) in [5.41, 5.74) is 2.01. The van der Waals surface area contributed by atoms with Gasteiger partial charge in [-0.25, -0.2) is 0 Å². The molecule has 2 rings (SSSR count). The topological polar surface area (TPSA) is 61.4 Å². The van der Waals surface area contributed by atoms with Crippen molar-refractivity contribution in [2.75, 3.05) is 18.4 Å². The van der Waals surface area contributed by atoms with E-state index >= 15 is 0 Å². The van der Waals surface area contributed by atoms with Crippen LogP contribution in [0.1, 0.15) is 25.3 Å². The lowest BCUT2D eigenvalue weighted by molar-refractivity contribution is -0.138. The Morgan fingerprint density at radius 3 is 2.72 bits per heavy atom. The summed E-state index contributed by atoms with van der Waals surface area (Å²) in [5, 5.41) is 15.6. The number of aryl methyl sites for hydroxylation is 1. The molecule has 0 aliphatic carbocycles. The maximum absolute atomic E-state index is 10.9. The maximum Gasteiger partial charge on any atom is 0.305 e. The van der Waals surface area contributed by atoms with Crippen molar-refractivity contribution in [2.45, 2.75) is 31.7 Å². The summed E-state index contributed by atoms with van der Waals surface area (Å²) in [4.78, 5) is 10.9. The molecular weight excluding hydrogens is 228 g/mol. The van der Waals surface area contributed by atoms with Gasteiger partial charge in [-0.2, -0.15) is 0 Å². The molecule has 1 aliphatic rings. The highest BCUT2D eigenvalue weighted by molar-refractivity contribution is 5.70. The third-order valence-corrected chi connectivity index (χ3v) is 3.35. The van der Waals surface area contributed by atoms with Crippen LogP contribution >= 0.6 is 0 Å². The Kier molecular flexibility index (Phi) is 3.87. The molecule has 3 N–H and O–H groups in total. The molecule has 1 aliphatic heterocycles. The second kappa shape index (κ2) is 5.40. The predicted octanol–water partition coefficient (Wildman–Crippen LogP) is 1.87. The first-order valence-electron chi connectivity index (χ1n) is 6.44. The number of carbonyl (C=O) groups is 1. The van der Waals surface area contributed by atoms with Gasteiger partial charge in [-0.1, -0.05) is 31.5 Å². The number of benzene rings is 1. The fraction of sp³-hybridized carbons (Fsp3) is 0.500. The van der Waals surface area contributed by atoms with E-state index in [1.807, 2.05) is 18.2 Å². The Balaban J connectivity index is 2.14. The van der Waals surface area contributed by atoms with Crippen LogP contribution in [0.4, 0.5) is 5.69 Å². The Hall–Kier alpha value is -1.55. The van der Waals surface area contributed by atoms with Gasteiger partial charge in [0.2, 0.25) is 0 Å². The summed E-state index contributed by atoms with van der Waals surface area (Å²) >= 11 is 0. The van der Waals surface area contributed by atoms with Crippen molar-refractivity contribution >= 4 is 11.7 Å². The van der Waals surface area contributed by atoms with Gasteiger partial charge in [0.25, 0.3) is 0 Å². The fourth-order valence-electron chi connectivity index (χ4n) is 2.39. The van der Waals surface area contributed by atoms with E-state index in [-0.39, 0.29) is 12.0 Å². The highest BCUT2D eigenvalue weighted by Gasteiger charge is 2.39. The van der Waals surface area contributed by atoms with E-state index in [1.165, 1.54) is 5.56 Å². The van der Waals surface area contributed by atoms with Crippen LogP contribution in [0.3, 0.4) is 0 Å². The lowest BCUT2D eigenvalue weighted by atomic mass is 9.87. The van der Waals surface area contributed by atoms with E-state index in [0.29, 0.717) is 13.1 Å². The van der Waals surface area contributed by atoms with Crippen molar-refractivity contribution in [3.05, 3.63) is 29.8 Å². The van der Waals surface area contributed by atoms with Gasteiger partial charge < -0.3 is 15.7 Å². The molecule has 0 spiro atoms. The number of anilines is 1. The SMILES string of the molecule is CCCc1ccccc1NC1(CC(=O)O)CNC1. The molecule has 18 heavy (non-hydrogen) atoms. The molecule has 0 amide bonds. The molecule has 1 aromatic carbocycles. The number of nitrogens with one attached hydrogen (secondary N) is 2. The van der Waals surface area contributed by atoms with E-state index in [9.17, 15) is 4.79 Å². The average Bonchev–Trinajstić information content (AvgIpc) is 2.28. The quantitative estimate of drug-likeness (QED) is 0.719. The van der Waals surface area contributed by atoms with Gasteiger partial charge in [0, 0.05) is 18.8 Å². The zero-order valence-electron chi connectivity index (χ0n) is 10.7. The Morgan fingerprint density at radius 1 is 1.44 bits per heavy atom. The van der Waals surface area contributed by atoms with Gasteiger partial charge in [0.05, 0.1) is 12.0 Å². The first kappa shape index (κ1) is 12.9. The summed E-state index contributed by atoms with van der Waals surface area (Å²) in [6, 6.07) is 8.15. The van der Waals surface area contributed by atoms with Gasteiger partial charge in [-0.15, -0.1) is 0 Å². The van der Waals surface area contributed by atoms with Crippen LogP contribution in [-0.2, 0) is 11.2 Å². The van der Waals surface area contributed by atoms with E-state index in [1.54, 1.807) is 0 Å². The number of para-hydroxylation sites is 1. The number of carboxylic acid groups (broad SMARTS) is 1. The minimum atomic E-state index is -0.753. The highest BCUT2D eigenvalue weighted by Crippen LogP contribution is 2.26. The standard InChI is InChI=1S/C14H20N2O2/c1-2-5-11-6-3-4-7-12(11)16-14(8-13(17)18)9-15-10-14/h3-4,6-7,15-16H,2,5,8-10H2,1H3,(H,17,18). The van der Waals surface area contributed by atoms with Gasteiger partial charge in [0.1, 0.15) is 0 Å². The van der Waals surface area contributed by atoms with Gasteiger partial charge in [-0.3, -0.25) is 4.79 Å². The zero-order chi connectivity index (χ0) is 13.0. The summed E-state index contributed by atoms with van der Waals surface area (Å²) in [5.74, 6) is -0.753. The molecule has 0 bridgehead atoms. The smallest absolute Gasteiger partial charge is 0.305 e. The van der Waals surface area contributed by atoms with Crippen LogP contribution in [0.25, 0.3) is 0 Å². The number of rotatable bonds is 6. The molecule has 1 aromatic rings. The van der Waals surface area contributed by atoms with Crippen LogP contribution in [0.2, 0.25) is 0 Å². The average molecular weight is 248 g/mol. The van der Waals surface area contributed by atoms with Crippen molar-refractivity contribution < 1.29 is 9.90 Å². The molecule has 4 nitrogen and oxygen atoms in total. The first-order chi connectivity index (χ1) is 8.65. The lowest BCUT2D eigenvalue weighted by Crippen LogP contribution is -2.65. The van der Waals surface area contributed by atoms with Gasteiger partial charge >= 0.3 is 5.97 Å². The van der Waals surface area contributed by atoms with Crippen molar-refractivity contribution in [1.29, 1.82) is 0 Å². The number of aliphatic carboxylic acids is 1. The van der Waals surface area contributed by atoms with Gasteiger partial charge in [0.15, 0.2) is 0 Å². The normalized spacial score (nSPS) is 16.9. The van der Waals surface area contributed by atoms with Crippen molar-refractivity contribution in [1.82, 2.24) is 5.32 Å². The fourth-order valence-corrected chi connectivity index (χ4v) is 2.39. The third-order valence-electron chi connectivity index (χ3n) is 3.35. The third kappa shape index (κ3) is 2.82. The van der Waals surface area contributed by atoms with Crippen LogP contribution < -0.4 is 10.6 Å². The Labute approximate surface area is 107 Å². The number of carboxylic acids is 1. The predicted molar refractivity (Wildman–Crippen MR) is 71.9 cm³/mol. The monoisotopic (exact) mass is 248 g/mol. The molecule has 0 radical (unpaired) electrons. The minimum Gasteiger partial charge on any atom is -0.481 e. The lowest BCUT2D eigenvalue weighted by Gasteiger charge is -2.43. The summed E-state index contributed by atoms with van der Waals surface area (Å²) < 4.78 is 0. The highest BCUT2D eigenvalue weighted by atomic mass is 16.4. The van der Waals surface area contributed by atoms with Crippen LogP contribution in [0.15, 0.2) is 24.3 Å². The van der Waals surface area contributed by atoms with Crippen LogP contribution in [0, 0.1) is 0 Å². The molecule has 98 valence electrons. The van der Waals surface area contributed by atoms with E-state index in [0.717, 1.165) is 18.5 Å². The number of hydrogen-bond acceptors (Lipinski definition) is 3. The maximum atomic E-state index is 10.9. The molecule has 0 unspecified atom stereocenters. The second-order valence-electron chi connectivity index (χ2n) is 4.99. The van der Waals surface area contributed by atoms with Crippen LogP contribution in [0.5, 0.6) is 0 Å². The molecule has 0 aromatic heterocycles. The van der Waals surface area contributed by atoms with Crippen molar-refractivity contribution in [3.63, 3.8) is 0 Å². The van der Waals surface area contributed by atoms with E-state index in [2.05, 4.69) is 23.6 Å². The molecular formula is C14H20N2O2. The summed E-state index contributed by atoms with van der Waals surface area (Å²) in [6.07, 6.45) is 2.25. The first-order valence-corrected chi connectivity index (χ1v) is 6.44. The second-order valence-corrected chi connectivity index (χ2v) is 4.99. The summed E-state index contributed by atoms with van der Waals surface area (Å²) in [6.45, 7) is 3.56. The van der Waals surface area contributed by atoms with Crippen molar-refractivity contribution in [2.24, 2.45) is 0 Å². The summed E-state index contributed by atoms with van der Waals surface area (Å²) in [7, 11) is 0. The molecule has 4 heteroatoms. The Morgan fingerprint density at radius 2 is 2.17 bits per heavy atom. The minimum absolute atomic E-state index is 0.153. The molecule has 1 saturated heterocycles. The van der Waals surface area contributed by atoms with Gasteiger partial charge in [-0.05, 0) is 18.1 Å². The molecule has 0 saturated carbocycles.